The van der Waals surface area contributed by atoms with E-state index in [0.29, 0.717) is 18.9 Å². The fraction of sp³-hybridized carbons (Fsp3) is 0.909. The van der Waals surface area contributed by atoms with Crippen molar-refractivity contribution in [3.05, 3.63) is 0 Å². The molecule has 2 atom stereocenters. The summed E-state index contributed by atoms with van der Waals surface area (Å²) in [6, 6.07) is 0. The number of carbonyl (C=O) groups excluding carboxylic acids is 1. The molecular weight excluding hydrogens is 242 g/mol. The van der Waals surface area contributed by atoms with Crippen LogP contribution in [0.25, 0.3) is 0 Å². The van der Waals surface area contributed by atoms with E-state index in [0.717, 1.165) is 0 Å². The summed E-state index contributed by atoms with van der Waals surface area (Å²) in [6.45, 7) is 4.43. The lowest BCUT2D eigenvalue weighted by molar-refractivity contribution is -0.145. The third-order valence-electron chi connectivity index (χ3n) is 2.05. The topological polar surface area (TPSA) is 78.8 Å². The Balaban J connectivity index is 3.70. The van der Waals surface area contributed by atoms with Gasteiger partial charge in [0.25, 0.3) is 0 Å². The van der Waals surface area contributed by atoms with E-state index in [-0.39, 0.29) is 13.0 Å². The number of aliphatic hydroxyl groups is 2. The molecule has 5 nitrogen and oxygen atoms in total. The van der Waals surface area contributed by atoms with Crippen molar-refractivity contribution in [3.8, 4) is 0 Å². The average Bonchev–Trinajstić information content (AvgIpc) is 2.16. The second-order valence-corrected chi connectivity index (χ2v) is 5.09. The van der Waals surface area contributed by atoms with Crippen molar-refractivity contribution in [3.63, 3.8) is 0 Å². The number of esters is 1. The van der Waals surface area contributed by atoms with Crippen LogP contribution >= 0.6 is 11.8 Å². The fourth-order valence-corrected chi connectivity index (χ4v) is 2.08. The van der Waals surface area contributed by atoms with Gasteiger partial charge in [0.15, 0.2) is 0 Å². The van der Waals surface area contributed by atoms with Gasteiger partial charge in [-0.25, -0.2) is 0 Å². The molecule has 0 aromatic rings. The van der Waals surface area contributed by atoms with Crippen LogP contribution in [0.5, 0.6) is 0 Å². The van der Waals surface area contributed by atoms with Gasteiger partial charge >= 0.3 is 5.97 Å². The molecule has 0 heterocycles. The van der Waals surface area contributed by atoms with Crippen molar-refractivity contribution in [2.45, 2.75) is 32.0 Å². The Bertz CT molecular complexity index is 224. The van der Waals surface area contributed by atoms with E-state index < -0.39 is 17.7 Å². The predicted octanol–water partition coefficient (Wildman–Crippen LogP) is 0.00410. The van der Waals surface area contributed by atoms with Gasteiger partial charge in [-0.2, -0.15) is 11.8 Å². The zero-order valence-corrected chi connectivity index (χ0v) is 11.5. The van der Waals surface area contributed by atoms with E-state index in [1.54, 1.807) is 25.6 Å². The third-order valence-corrected chi connectivity index (χ3v) is 2.96. The zero-order valence-electron chi connectivity index (χ0n) is 10.7. The van der Waals surface area contributed by atoms with E-state index in [1.807, 2.05) is 6.26 Å². The summed E-state index contributed by atoms with van der Waals surface area (Å²) in [5, 5.41) is 22.3. The van der Waals surface area contributed by atoms with Gasteiger partial charge in [0, 0.05) is 18.8 Å². The van der Waals surface area contributed by atoms with Crippen LogP contribution in [0.2, 0.25) is 0 Å². The zero-order chi connectivity index (χ0) is 13.3. The van der Waals surface area contributed by atoms with Gasteiger partial charge in [-0.1, -0.05) is 0 Å². The first-order valence-electron chi connectivity index (χ1n) is 5.67. The molecule has 0 saturated heterocycles. The highest BCUT2D eigenvalue weighted by Gasteiger charge is 2.20. The number of carbonyl (C=O) groups is 1. The Morgan fingerprint density at radius 3 is 2.76 bits per heavy atom. The van der Waals surface area contributed by atoms with Crippen LogP contribution in [0.3, 0.4) is 0 Å². The number of hydrogen-bond donors (Lipinski definition) is 3. The Kier molecular flexibility index (Phi) is 8.59. The molecule has 6 heteroatoms. The van der Waals surface area contributed by atoms with E-state index in [2.05, 4.69) is 5.32 Å². The fourth-order valence-electron chi connectivity index (χ4n) is 1.35. The highest BCUT2D eigenvalue weighted by molar-refractivity contribution is 7.98. The predicted molar refractivity (Wildman–Crippen MR) is 69.1 cm³/mol. The summed E-state index contributed by atoms with van der Waals surface area (Å²) in [6.07, 6.45) is 1.12. The lowest BCUT2D eigenvalue weighted by Gasteiger charge is -2.23. The van der Waals surface area contributed by atoms with Crippen LogP contribution in [-0.2, 0) is 9.53 Å². The maximum Gasteiger partial charge on any atom is 0.308 e. The molecule has 0 aliphatic heterocycles. The smallest absolute Gasteiger partial charge is 0.308 e. The molecule has 0 spiro atoms. The maximum atomic E-state index is 11.1. The Labute approximate surface area is 107 Å². The molecule has 0 radical (unpaired) electrons. The van der Waals surface area contributed by atoms with Gasteiger partial charge < -0.3 is 20.3 Å². The third kappa shape index (κ3) is 9.41. The molecule has 0 rings (SSSR count). The molecule has 17 heavy (non-hydrogen) atoms. The summed E-state index contributed by atoms with van der Waals surface area (Å²) < 4.78 is 4.72. The molecule has 0 aromatic heterocycles. The first-order chi connectivity index (χ1) is 7.91. The standard InChI is InChI=1S/C11H23NO4S/c1-4-16-10(14)5-9(13)6-12-7-11(2,15)8-17-3/h9,12-13,15H,4-8H2,1-3H3. The maximum absolute atomic E-state index is 11.1. The molecular formula is C11H23NO4S. The molecule has 3 N–H and O–H groups in total. The molecule has 0 fully saturated rings. The summed E-state index contributed by atoms with van der Waals surface area (Å²) in [7, 11) is 0. The van der Waals surface area contributed by atoms with E-state index in [4.69, 9.17) is 4.74 Å². The highest BCUT2D eigenvalue weighted by Crippen LogP contribution is 2.08. The van der Waals surface area contributed by atoms with Gasteiger partial charge in [0.05, 0.1) is 24.7 Å². The van der Waals surface area contributed by atoms with E-state index in [1.165, 1.54) is 0 Å². The summed E-state index contributed by atoms with van der Waals surface area (Å²) in [5.74, 6) is 0.214. The van der Waals surface area contributed by atoms with Crippen molar-refractivity contribution >= 4 is 17.7 Å². The largest absolute Gasteiger partial charge is 0.466 e. The van der Waals surface area contributed by atoms with Crippen molar-refractivity contribution in [2.24, 2.45) is 0 Å². The van der Waals surface area contributed by atoms with Crippen LogP contribution in [0.15, 0.2) is 0 Å². The van der Waals surface area contributed by atoms with Gasteiger partial charge in [0.1, 0.15) is 0 Å². The minimum absolute atomic E-state index is 0.0223. The van der Waals surface area contributed by atoms with Crippen LogP contribution in [0.1, 0.15) is 20.3 Å². The summed E-state index contributed by atoms with van der Waals surface area (Å²) in [5.41, 5.74) is -0.803. The van der Waals surface area contributed by atoms with Gasteiger partial charge in [-0.05, 0) is 20.1 Å². The van der Waals surface area contributed by atoms with Crippen molar-refractivity contribution in [1.82, 2.24) is 5.32 Å². The second-order valence-electron chi connectivity index (χ2n) is 4.22. The lowest BCUT2D eigenvalue weighted by atomic mass is 10.1. The van der Waals surface area contributed by atoms with Crippen molar-refractivity contribution in [1.29, 1.82) is 0 Å². The van der Waals surface area contributed by atoms with Crippen LogP contribution in [-0.4, -0.2) is 59.6 Å². The Morgan fingerprint density at radius 2 is 2.24 bits per heavy atom. The quantitative estimate of drug-likeness (QED) is 0.510. The van der Waals surface area contributed by atoms with Gasteiger partial charge in [0.2, 0.25) is 0 Å². The molecule has 0 bridgehead atoms. The molecule has 102 valence electrons. The number of hydrogen-bond acceptors (Lipinski definition) is 6. The monoisotopic (exact) mass is 265 g/mol. The second kappa shape index (κ2) is 8.74. The number of ether oxygens (including phenoxy) is 1. The SMILES string of the molecule is CCOC(=O)CC(O)CNCC(C)(O)CSC. The van der Waals surface area contributed by atoms with Crippen molar-refractivity contribution < 1.29 is 19.7 Å². The summed E-state index contributed by atoms with van der Waals surface area (Å²) >= 11 is 1.56. The van der Waals surface area contributed by atoms with Crippen LogP contribution in [0, 0.1) is 0 Å². The molecule has 0 aromatic carbocycles. The van der Waals surface area contributed by atoms with E-state index >= 15 is 0 Å². The number of aliphatic hydroxyl groups excluding tert-OH is 1. The average molecular weight is 265 g/mol. The Morgan fingerprint density at radius 1 is 1.59 bits per heavy atom. The van der Waals surface area contributed by atoms with Gasteiger partial charge in [-0.3, -0.25) is 4.79 Å². The van der Waals surface area contributed by atoms with Gasteiger partial charge in [-0.15, -0.1) is 0 Å². The molecule has 0 amide bonds. The molecule has 0 saturated carbocycles. The van der Waals surface area contributed by atoms with E-state index in [9.17, 15) is 15.0 Å². The molecule has 2 unspecified atom stereocenters. The summed E-state index contributed by atoms with van der Waals surface area (Å²) in [4.78, 5) is 11.1. The molecule has 0 aliphatic carbocycles. The highest BCUT2D eigenvalue weighted by atomic mass is 32.2. The normalized spacial score (nSPS) is 16.3. The lowest BCUT2D eigenvalue weighted by Crippen LogP contribution is -2.42. The van der Waals surface area contributed by atoms with Crippen LogP contribution < -0.4 is 5.32 Å². The minimum Gasteiger partial charge on any atom is -0.466 e. The Hall–Kier alpha value is -0.300. The minimum atomic E-state index is -0.803. The van der Waals surface area contributed by atoms with Crippen LogP contribution in [0.4, 0.5) is 0 Å². The first-order valence-corrected chi connectivity index (χ1v) is 7.06. The number of rotatable bonds is 9. The number of thioether (sulfide) groups is 1. The molecule has 0 aliphatic rings. The first kappa shape index (κ1) is 16.7. The van der Waals surface area contributed by atoms with Crippen molar-refractivity contribution in [2.75, 3.05) is 31.7 Å². The number of nitrogens with one attached hydrogen (secondary N) is 1.